The number of nitrogens with zero attached hydrogens (tertiary/aromatic N) is 1. The highest BCUT2D eigenvalue weighted by molar-refractivity contribution is 6.02. The van der Waals surface area contributed by atoms with Crippen LogP contribution in [0.5, 0.6) is 0 Å². The third-order valence-corrected chi connectivity index (χ3v) is 6.04. The summed E-state index contributed by atoms with van der Waals surface area (Å²) in [5, 5.41) is 3.02. The summed E-state index contributed by atoms with van der Waals surface area (Å²) in [4.78, 5) is 28.4. The fourth-order valence-electron chi connectivity index (χ4n) is 4.16. The van der Waals surface area contributed by atoms with Crippen LogP contribution in [0.25, 0.3) is 0 Å². The average Bonchev–Trinajstić information content (AvgIpc) is 2.76. The minimum atomic E-state index is -1.10. The minimum Gasteiger partial charge on any atom is -0.350 e. The topological polar surface area (TPSA) is 49.4 Å². The van der Waals surface area contributed by atoms with Crippen LogP contribution in [-0.4, -0.2) is 22.3 Å². The largest absolute Gasteiger partial charge is 0.350 e. The molecule has 0 radical (unpaired) electrons. The number of nitrogens with one attached hydrogen (secondary N) is 1. The van der Waals surface area contributed by atoms with E-state index in [-0.39, 0.29) is 24.2 Å². The van der Waals surface area contributed by atoms with Gasteiger partial charge in [0.2, 0.25) is 5.91 Å². The zero-order valence-corrected chi connectivity index (χ0v) is 17.7. The monoisotopic (exact) mass is 416 g/mol. The van der Waals surface area contributed by atoms with Crippen LogP contribution in [0.2, 0.25) is 0 Å². The van der Waals surface area contributed by atoms with E-state index < -0.39 is 5.54 Å². The van der Waals surface area contributed by atoms with Crippen LogP contribution in [0.15, 0.2) is 72.8 Å². The summed E-state index contributed by atoms with van der Waals surface area (Å²) in [7, 11) is 0. The van der Waals surface area contributed by atoms with Crippen molar-refractivity contribution < 1.29 is 14.0 Å². The quantitative estimate of drug-likeness (QED) is 0.670. The third kappa shape index (κ3) is 4.08. The van der Waals surface area contributed by atoms with E-state index in [1.807, 2.05) is 49.4 Å². The van der Waals surface area contributed by atoms with E-state index in [9.17, 15) is 14.0 Å². The molecule has 2 amide bonds. The molecule has 4 nitrogen and oxygen atoms in total. The van der Waals surface area contributed by atoms with Crippen molar-refractivity contribution in [1.82, 2.24) is 10.2 Å². The predicted octanol–water partition coefficient (Wildman–Crippen LogP) is 4.41. The normalized spacial score (nSPS) is 17.9. The summed E-state index contributed by atoms with van der Waals surface area (Å²) in [6.45, 7) is 4.32. The van der Waals surface area contributed by atoms with Crippen molar-refractivity contribution in [1.29, 1.82) is 0 Å². The lowest BCUT2D eigenvalue weighted by molar-refractivity contribution is -0.132. The van der Waals surface area contributed by atoms with E-state index in [4.69, 9.17) is 0 Å². The van der Waals surface area contributed by atoms with Crippen LogP contribution in [0, 0.1) is 12.7 Å². The van der Waals surface area contributed by atoms with Gasteiger partial charge in [-0.15, -0.1) is 0 Å². The van der Waals surface area contributed by atoms with Gasteiger partial charge in [-0.2, -0.15) is 0 Å². The number of hydrogen-bond donors (Lipinski definition) is 1. The van der Waals surface area contributed by atoms with Crippen LogP contribution >= 0.6 is 0 Å². The van der Waals surface area contributed by atoms with Crippen LogP contribution in [0.3, 0.4) is 0 Å². The third-order valence-electron chi connectivity index (χ3n) is 6.04. The number of aryl methyl sites for hydroxylation is 1. The van der Waals surface area contributed by atoms with Gasteiger partial charge >= 0.3 is 0 Å². The Bertz CT molecular complexity index is 1140. The standard InChI is InChI=1S/C26H25FN2O2/c1-18-8-3-4-11-21(18)16-28-25(31)26(2)15-20-10-5-6-13-23(20)24(30)29(26)17-19-9-7-12-22(27)14-19/h3-14H,15-17H2,1-2H3,(H,28,31)/t26-/m1/s1. The Hall–Kier alpha value is -3.47. The molecule has 1 aliphatic heterocycles. The number of hydrogen-bond acceptors (Lipinski definition) is 2. The molecule has 1 aliphatic rings. The van der Waals surface area contributed by atoms with Gasteiger partial charge in [0.1, 0.15) is 11.4 Å². The highest BCUT2D eigenvalue weighted by atomic mass is 19.1. The summed E-state index contributed by atoms with van der Waals surface area (Å²) in [6.07, 6.45) is 0.393. The molecule has 0 bridgehead atoms. The summed E-state index contributed by atoms with van der Waals surface area (Å²) in [5.41, 5.74) is 3.10. The Labute approximate surface area is 181 Å². The Balaban J connectivity index is 1.66. The molecule has 0 fully saturated rings. The summed E-state index contributed by atoms with van der Waals surface area (Å²) in [5.74, 6) is -0.817. The van der Waals surface area contributed by atoms with E-state index in [0.29, 0.717) is 24.1 Å². The van der Waals surface area contributed by atoms with Crippen molar-refractivity contribution in [2.24, 2.45) is 0 Å². The lowest BCUT2D eigenvalue weighted by Crippen LogP contribution is -2.62. The first-order valence-corrected chi connectivity index (χ1v) is 10.4. The first kappa shape index (κ1) is 20.8. The molecule has 4 rings (SSSR count). The van der Waals surface area contributed by atoms with Gasteiger partial charge in [0.15, 0.2) is 0 Å². The van der Waals surface area contributed by atoms with Crippen molar-refractivity contribution in [3.8, 4) is 0 Å². The first-order valence-electron chi connectivity index (χ1n) is 10.4. The van der Waals surface area contributed by atoms with Crippen molar-refractivity contribution in [3.63, 3.8) is 0 Å². The molecule has 0 spiro atoms. The number of fused-ring (bicyclic) bond motifs is 1. The maximum Gasteiger partial charge on any atom is 0.255 e. The maximum atomic E-state index is 13.8. The highest BCUT2D eigenvalue weighted by Crippen LogP contribution is 2.33. The zero-order valence-electron chi connectivity index (χ0n) is 17.7. The smallest absolute Gasteiger partial charge is 0.255 e. The second-order valence-electron chi connectivity index (χ2n) is 8.24. The Kier molecular flexibility index (Phi) is 5.59. The van der Waals surface area contributed by atoms with Gasteiger partial charge in [0.25, 0.3) is 5.91 Å². The Morgan fingerprint density at radius 2 is 1.81 bits per heavy atom. The molecular formula is C26H25FN2O2. The lowest BCUT2D eigenvalue weighted by atomic mass is 9.82. The zero-order chi connectivity index (χ0) is 22.0. The van der Waals surface area contributed by atoms with Crippen LogP contribution in [-0.2, 0) is 24.3 Å². The second kappa shape index (κ2) is 8.34. The number of rotatable bonds is 5. The molecule has 1 N–H and O–H groups in total. The highest BCUT2D eigenvalue weighted by Gasteiger charge is 2.46. The van der Waals surface area contributed by atoms with Gasteiger partial charge in [-0.1, -0.05) is 54.6 Å². The molecule has 3 aromatic rings. The fraction of sp³-hybridized carbons (Fsp3) is 0.231. The Morgan fingerprint density at radius 3 is 2.58 bits per heavy atom. The number of carbonyl (C=O) groups is 2. The van der Waals surface area contributed by atoms with E-state index >= 15 is 0 Å². The van der Waals surface area contributed by atoms with Crippen molar-refractivity contribution >= 4 is 11.8 Å². The van der Waals surface area contributed by atoms with Gasteiger partial charge in [0, 0.05) is 25.1 Å². The number of halogens is 1. The average molecular weight is 416 g/mol. The summed E-state index contributed by atoms with van der Waals surface area (Å²) in [6, 6.07) is 21.4. The van der Waals surface area contributed by atoms with Gasteiger partial charge < -0.3 is 10.2 Å². The van der Waals surface area contributed by atoms with Crippen LogP contribution in [0.1, 0.15) is 39.5 Å². The van der Waals surface area contributed by atoms with E-state index in [0.717, 1.165) is 16.7 Å². The van der Waals surface area contributed by atoms with Gasteiger partial charge in [0.05, 0.1) is 0 Å². The maximum absolute atomic E-state index is 13.8. The molecule has 5 heteroatoms. The number of amides is 2. The summed E-state index contributed by atoms with van der Waals surface area (Å²) >= 11 is 0. The molecule has 0 aliphatic carbocycles. The number of carbonyl (C=O) groups excluding carboxylic acids is 2. The van der Waals surface area contributed by atoms with Crippen LogP contribution < -0.4 is 5.32 Å². The molecule has 1 heterocycles. The predicted molar refractivity (Wildman–Crippen MR) is 118 cm³/mol. The second-order valence-corrected chi connectivity index (χ2v) is 8.24. The van der Waals surface area contributed by atoms with Gasteiger partial charge in [-0.05, 0) is 54.3 Å². The van der Waals surface area contributed by atoms with Gasteiger partial charge in [-0.25, -0.2) is 4.39 Å². The molecule has 3 aromatic carbocycles. The van der Waals surface area contributed by atoms with Crippen molar-refractivity contribution in [2.75, 3.05) is 0 Å². The van der Waals surface area contributed by atoms with Crippen molar-refractivity contribution in [3.05, 3.63) is 106 Å². The molecule has 0 aromatic heterocycles. The molecular weight excluding hydrogens is 391 g/mol. The fourth-order valence-corrected chi connectivity index (χ4v) is 4.16. The molecule has 158 valence electrons. The van der Waals surface area contributed by atoms with E-state index in [2.05, 4.69) is 5.32 Å². The molecule has 31 heavy (non-hydrogen) atoms. The minimum absolute atomic E-state index is 0.152. The lowest BCUT2D eigenvalue weighted by Gasteiger charge is -2.44. The first-order chi connectivity index (χ1) is 14.9. The Morgan fingerprint density at radius 1 is 1.06 bits per heavy atom. The molecule has 0 saturated heterocycles. The van der Waals surface area contributed by atoms with Crippen molar-refractivity contribution in [2.45, 2.75) is 38.9 Å². The van der Waals surface area contributed by atoms with E-state index in [1.165, 1.54) is 12.1 Å². The van der Waals surface area contributed by atoms with Crippen LogP contribution in [0.4, 0.5) is 4.39 Å². The van der Waals surface area contributed by atoms with E-state index in [1.54, 1.807) is 30.0 Å². The summed E-state index contributed by atoms with van der Waals surface area (Å²) < 4.78 is 13.8. The molecule has 1 atom stereocenters. The molecule has 0 saturated carbocycles. The number of benzene rings is 3. The SMILES string of the molecule is Cc1ccccc1CNC(=O)[C@@]1(C)Cc2ccccc2C(=O)N1Cc1cccc(F)c1. The molecule has 0 unspecified atom stereocenters. The van der Waals surface area contributed by atoms with Gasteiger partial charge in [-0.3, -0.25) is 9.59 Å².